The van der Waals surface area contributed by atoms with Crippen LogP contribution in [-0.2, 0) is 4.79 Å². The SMILES string of the molecule is Cc1ccc2nc(N3CCN(CCO)CC3)c(C=C3SC(=S)N(C4CCCCC4)C3=O)c(=O)n2c1. The van der Waals surface area contributed by atoms with E-state index in [0.717, 1.165) is 44.3 Å². The average Bonchev–Trinajstić information content (AvgIpc) is 3.15. The van der Waals surface area contributed by atoms with Gasteiger partial charge in [0.2, 0.25) is 0 Å². The van der Waals surface area contributed by atoms with Crippen LogP contribution < -0.4 is 10.5 Å². The highest BCUT2D eigenvalue weighted by molar-refractivity contribution is 8.26. The number of pyridine rings is 1. The number of thiocarbonyl (C=S) groups is 1. The molecule has 1 amide bonds. The van der Waals surface area contributed by atoms with E-state index in [-0.39, 0.29) is 24.1 Å². The van der Waals surface area contributed by atoms with Gasteiger partial charge in [0.25, 0.3) is 11.5 Å². The molecule has 3 fully saturated rings. The van der Waals surface area contributed by atoms with Crippen molar-refractivity contribution in [3.05, 3.63) is 44.7 Å². The summed E-state index contributed by atoms with van der Waals surface area (Å²) in [5, 5.41) is 9.28. The number of nitrogens with zero attached hydrogens (tertiary/aromatic N) is 5. The van der Waals surface area contributed by atoms with Gasteiger partial charge in [-0.05, 0) is 37.5 Å². The Morgan fingerprint density at radius 3 is 2.60 bits per heavy atom. The second-order valence-electron chi connectivity index (χ2n) is 9.48. The van der Waals surface area contributed by atoms with Crippen molar-refractivity contribution in [2.24, 2.45) is 0 Å². The summed E-state index contributed by atoms with van der Waals surface area (Å²) in [6, 6.07) is 3.95. The van der Waals surface area contributed by atoms with E-state index in [1.165, 1.54) is 18.2 Å². The minimum Gasteiger partial charge on any atom is -0.395 e. The van der Waals surface area contributed by atoms with Gasteiger partial charge in [-0.25, -0.2) is 4.98 Å². The zero-order valence-electron chi connectivity index (χ0n) is 20.0. The quantitative estimate of drug-likeness (QED) is 0.483. The molecule has 1 aliphatic carbocycles. The summed E-state index contributed by atoms with van der Waals surface area (Å²) in [6.45, 7) is 5.64. The van der Waals surface area contributed by atoms with Crippen LogP contribution >= 0.6 is 24.0 Å². The van der Waals surface area contributed by atoms with E-state index in [9.17, 15) is 14.7 Å². The monoisotopic (exact) mass is 513 g/mol. The highest BCUT2D eigenvalue weighted by atomic mass is 32.2. The maximum absolute atomic E-state index is 13.7. The molecule has 35 heavy (non-hydrogen) atoms. The number of carbonyl (C=O) groups excluding carboxylic acids is 1. The van der Waals surface area contributed by atoms with Gasteiger partial charge in [-0.15, -0.1) is 0 Å². The Morgan fingerprint density at radius 1 is 1.14 bits per heavy atom. The van der Waals surface area contributed by atoms with Crippen molar-refractivity contribution in [3.8, 4) is 0 Å². The molecule has 0 bridgehead atoms. The van der Waals surface area contributed by atoms with Crippen molar-refractivity contribution < 1.29 is 9.90 Å². The standard InChI is InChI=1S/C25H31N5O3S2/c1-17-7-8-21-26-22(28-11-9-27(10-12-28)13-14-31)19(23(32)29(21)16-17)15-20-24(33)30(25(34)35-20)18-5-3-2-4-6-18/h7-8,15-16,18,31H,2-6,9-14H2,1H3. The van der Waals surface area contributed by atoms with Crippen molar-refractivity contribution in [1.29, 1.82) is 0 Å². The van der Waals surface area contributed by atoms with Crippen molar-refractivity contribution >= 4 is 51.7 Å². The summed E-state index contributed by atoms with van der Waals surface area (Å²) in [5.74, 6) is 0.504. The van der Waals surface area contributed by atoms with Gasteiger partial charge in [0.05, 0.1) is 17.1 Å². The van der Waals surface area contributed by atoms with E-state index in [2.05, 4.69) is 9.80 Å². The topological polar surface area (TPSA) is 81.4 Å². The molecule has 186 valence electrons. The Hall–Kier alpha value is -2.27. The minimum atomic E-state index is -0.186. The average molecular weight is 514 g/mol. The molecule has 3 aliphatic rings. The lowest BCUT2D eigenvalue weighted by Gasteiger charge is -2.35. The number of fused-ring (bicyclic) bond motifs is 1. The van der Waals surface area contributed by atoms with Gasteiger partial charge < -0.3 is 10.0 Å². The molecule has 0 unspecified atom stereocenters. The number of aliphatic hydroxyl groups is 1. The van der Waals surface area contributed by atoms with Crippen LogP contribution in [0.2, 0.25) is 0 Å². The largest absolute Gasteiger partial charge is 0.395 e. The first-order valence-electron chi connectivity index (χ1n) is 12.3. The lowest BCUT2D eigenvalue weighted by molar-refractivity contribution is -0.124. The number of anilines is 1. The molecular weight excluding hydrogens is 482 g/mol. The molecule has 10 heteroatoms. The summed E-state index contributed by atoms with van der Waals surface area (Å²) in [5.41, 5.74) is 1.78. The molecule has 1 saturated carbocycles. The van der Waals surface area contributed by atoms with Crippen LogP contribution in [0.1, 0.15) is 43.2 Å². The van der Waals surface area contributed by atoms with Gasteiger partial charge in [-0.1, -0.05) is 49.3 Å². The zero-order chi connectivity index (χ0) is 24.5. The third-order valence-electron chi connectivity index (χ3n) is 7.11. The first kappa shape index (κ1) is 24.4. The number of β-amino-alcohol motifs (C(OH)–C–C–N with tert-alkyl or cyclic N) is 1. The lowest BCUT2D eigenvalue weighted by atomic mass is 9.94. The number of hydrogen-bond acceptors (Lipinski definition) is 8. The Balaban J connectivity index is 1.54. The molecule has 2 aromatic rings. The van der Waals surface area contributed by atoms with Crippen LogP contribution in [-0.4, -0.2) is 79.9 Å². The Labute approximate surface area is 214 Å². The maximum atomic E-state index is 13.7. The molecule has 8 nitrogen and oxygen atoms in total. The van der Waals surface area contributed by atoms with E-state index < -0.39 is 0 Å². The third kappa shape index (κ3) is 4.89. The maximum Gasteiger partial charge on any atom is 0.267 e. The van der Waals surface area contributed by atoms with E-state index in [1.807, 2.05) is 19.1 Å². The second kappa shape index (κ2) is 10.4. The molecule has 5 rings (SSSR count). The van der Waals surface area contributed by atoms with Gasteiger partial charge in [-0.2, -0.15) is 0 Å². The smallest absolute Gasteiger partial charge is 0.267 e. The van der Waals surface area contributed by atoms with Crippen molar-refractivity contribution in [1.82, 2.24) is 19.2 Å². The molecular formula is C25H31N5O3S2. The highest BCUT2D eigenvalue weighted by Crippen LogP contribution is 2.37. The van der Waals surface area contributed by atoms with Crippen LogP contribution in [0, 0.1) is 6.92 Å². The van der Waals surface area contributed by atoms with Gasteiger partial charge in [0.1, 0.15) is 15.8 Å². The number of amides is 1. The normalized spacial score (nSPS) is 21.6. The Kier molecular flexibility index (Phi) is 7.24. The van der Waals surface area contributed by atoms with E-state index in [4.69, 9.17) is 17.2 Å². The number of piperazine rings is 1. The molecule has 0 radical (unpaired) electrons. The number of aromatic nitrogens is 2. The van der Waals surface area contributed by atoms with Gasteiger partial charge in [-0.3, -0.25) is 23.8 Å². The molecule has 1 N–H and O–H groups in total. The van der Waals surface area contributed by atoms with Crippen molar-refractivity contribution in [2.45, 2.75) is 45.1 Å². The molecule has 0 spiro atoms. The first-order chi connectivity index (χ1) is 17.0. The van der Waals surface area contributed by atoms with Crippen LogP contribution in [0.25, 0.3) is 11.7 Å². The number of hydrogen-bond donors (Lipinski definition) is 1. The van der Waals surface area contributed by atoms with Gasteiger partial charge in [0, 0.05) is 45.0 Å². The van der Waals surface area contributed by atoms with E-state index in [1.54, 1.807) is 21.6 Å². The Morgan fingerprint density at radius 2 is 1.89 bits per heavy atom. The fraction of sp³-hybridized carbons (Fsp3) is 0.520. The van der Waals surface area contributed by atoms with Crippen molar-refractivity contribution in [3.63, 3.8) is 0 Å². The molecule has 4 heterocycles. The zero-order valence-corrected chi connectivity index (χ0v) is 21.6. The highest BCUT2D eigenvalue weighted by Gasteiger charge is 2.38. The van der Waals surface area contributed by atoms with Gasteiger partial charge >= 0.3 is 0 Å². The minimum absolute atomic E-state index is 0.0978. The summed E-state index contributed by atoms with van der Waals surface area (Å²) < 4.78 is 2.14. The summed E-state index contributed by atoms with van der Waals surface area (Å²) in [7, 11) is 0. The number of carbonyl (C=O) groups is 1. The number of thioether (sulfide) groups is 1. The van der Waals surface area contributed by atoms with Crippen LogP contribution in [0.15, 0.2) is 28.0 Å². The summed E-state index contributed by atoms with van der Waals surface area (Å²) in [4.78, 5) is 38.6. The molecule has 2 aromatic heterocycles. The fourth-order valence-corrected chi connectivity index (χ4v) is 6.59. The third-order valence-corrected chi connectivity index (χ3v) is 8.44. The molecule has 0 atom stereocenters. The van der Waals surface area contributed by atoms with Crippen LogP contribution in [0.4, 0.5) is 5.82 Å². The molecule has 2 saturated heterocycles. The second-order valence-corrected chi connectivity index (χ2v) is 11.2. The predicted octanol–water partition coefficient (Wildman–Crippen LogP) is 2.65. The van der Waals surface area contributed by atoms with Gasteiger partial charge in [0.15, 0.2) is 0 Å². The van der Waals surface area contributed by atoms with E-state index in [0.29, 0.717) is 45.9 Å². The van der Waals surface area contributed by atoms with Crippen molar-refractivity contribution in [2.75, 3.05) is 44.2 Å². The van der Waals surface area contributed by atoms with Crippen LogP contribution in [0.5, 0.6) is 0 Å². The molecule has 2 aliphatic heterocycles. The first-order valence-corrected chi connectivity index (χ1v) is 13.6. The fourth-order valence-electron chi connectivity index (χ4n) is 5.20. The Bertz CT molecular complexity index is 1230. The molecule has 0 aromatic carbocycles. The van der Waals surface area contributed by atoms with Crippen LogP contribution in [0.3, 0.4) is 0 Å². The number of aryl methyl sites for hydroxylation is 1. The summed E-state index contributed by atoms with van der Waals surface area (Å²) >= 11 is 6.89. The predicted molar refractivity (Wildman–Crippen MR) is 144 cm³/mol. The summed E-state index contributed by atoms with van der Waals surface area (Å²) in [6.07, 6.45) is 8.88. The number of aliphatic hydroxyl groups excluding tert-OH is 1. The lowest BCUT2D eigenvalue weighted by Crippen LogP contribution is -2.48. The number of rotatable bonds is 5. The van der Waals surface area contributed by atoms with E-state index >= 15 is 0 Å².